The van der Waals surface area contributed by atoms with Gasteiger partial charge in [-0.05, 0) is 35.9 Å². The van der Waals surface area contributed by atoms with Crippen LogP contribution in [-0.2, 0) is 0 Å². The number of hydrogen-bond donors (Lipinski definition) is 2. The second-order valence-corrected chi connectivity index (χ2v) is 5.39. The third-order valence-corrected chi connectivity index (χ3v) is 3.46. The Bertz CT molecular complexity index is 802. The third-order valence-electron chi connectivity index (χ3n) is 3.46. The van der Waals surface area contributed by atoms with E-state index in [2.05, 4.69) is 10.1 Å². The van der Waals surface area contributed by atoms with Crippen LogP contribution in [0.25, 0.3) is 12.2 Å². The number of benzene rings is 2. The largest absolute Gasteiger partial charge is 0.573 e. The highest BCUT2D eigenvalue weighted by Gasteiger charge is 2.30. The summed E-state index contributed by atoms with van der Waals surface area (Å²) < 4.78 is 45.6. The monoisotopic (exact) mass is 381 g/mol. The summed E-state index contributed by atoms with van der Waals surface area (Å²) in [7, 11) is 1.49. The van der Waals surface area contributed by atoms with Crippen molar-refractivity contribution in [3.63, 3.8) is 0 Å². The lowest BCUT2D eigenvalue weighted by molar-refractivity contribution is -0.274. The molecule has 0 aliphatic rings. The van der Waals surface area contributed by atoms with Crippen LogP contribution in [-0.4, -0.2) is 37.6 Å². The zero-order valence-corrected chi connectivity index (χ0v) is 14.4. The van der Waals surface area contributed by atoms with E-state index in [0.717, 1.165) is 0 Å². The fourth-order valence-electron chi connectivity index (χ4n) is 2.24. The van der Waals surface area contributed by atoms with Crippen molar-refractivity contribution in [2.24, 2.45) is 0 Å². The SMILES string of the molecule is COc1ccc(C(=O)NCCO)cc1C=Cc1ccc(OC(F)(F)F)cc1. The van der Waals surface area contributed by atoms with Gasteiger partial charge < -0.3 is 19.9 Å². The highest BCUT2D eigenvalue weighted by molar-refractivity contribution is 5.95. The molecular weight excluding hydrogens is 363 g/mol. The summed E-state index contributed by atoms with van der Waals surface area (Å²) in [6, 6.07) is 10.2. The second kappa shape index (κ2) is 9.09. The standard InChI is InChI=1S/C19H18F3NO4/c1-26-17-9-6-15(18(25)23-10-11-24)12-14(17)5-2-13-3-7-16(8-4-13)27-19(20,21)22/h2-9,12,24H,10-11H2,1H3,(H,23,25). The average molecular weight is 381 g/mol. The van der Waals surface area contributed by atoms with Crippen molar-refractivity contribution in [3.8, 4) is 11.5 Å². The molecule has 0 saturated heterocycles. The van der Waals surface area contributed by atoms with Crippen molar-refractivity contribution in [2.75, 3.05) is 20.3 Å². The molecule has 144 valence electrons. The van der Waals surface area contributed by atoms with Gasteiger partial charge in [-0.3, -0.25) is 4.79 Å². The minimum atomic E-state index is -4.73. The number of aliphatic hydroxyl groups excluding tert-OH is 1. The molecule has 8 heteroatoms. The Morgan fingerprint density at radius 2 is 1.85 bits per heavy atom. The third kappa shape index (κ3) is 6.34. The molecule has 0 aliphatic heterocycles. The van der Waals surface area contributed by atoms with Gasteiger partial charge >= 0.3 is 6.36 Å². The smallest absolute Gasteiger partial charge is 0.496 e. The fraction of sp³-hybridized carbons (Fsp3) is 0.211. The number of nitrogens with one attached hydrogen (secondary N) is 1. The first-order chi connectivity index (χ1) is 12.8. The van der Waals surface area contributed by atoms with Crippen LogP contribution in [0.5, 0.6) is 11.5 Å². The van der Waals surface area contributed by atoms with E-state index in [1.165, 1.54) is 31.4 Å². The number of carbonyl (C=O) groups is 1. The summed E-state index contributed by atoms with van der Waals surface area (Å²) in [5.41, 5.74) is 1.64. The molecule has 0 unspecified atom stereocenters. The molecule has 27 heavy (non-hydrogen) atoms. The Balaban J connectivity index is 2.18. The van der Waals surface area contributed by atoms with E-state index >= 15 is 0 Å². The number of hydrogen-bond acceptors (Lipinski definition) is 4. The van der Waals surface area contributed by atoms with Gasteiger partial charge in [0.25, 0.3) is 5.91 Å². The van der Waals surface area contributed by atoms with Crippen LogP contribution in [0.1, 0.15) is 21.5 Å². The van der Waals surface area contributed by atoms with Crippen LogP contribution < -0.4 is 14.8 Å². The van der Waals surface area contributed by atoms with Crippen molar-refractivity contribution in [1.82, 2.24) is 5.32 Å². The molecule has 0 atom stereocenters. The summed E-state index contributed by atoms with van der Waals surface area (Å²) in [6.07, 6.45) is -1.38. The normalized spacial score (nSPS) is 11.4. The number of aliphatic hydroxyl groups is 1. The summed E-state index contributed by atoms with van der Waals surface area (Å²) in [6.45, 7) is -0.0227. The molecule has 0 aliphatic carbocycles. The van der Waals surface area contributed by atoms with Gasteiger partial charge in [0, 0.05) is 17.7 Å². The van der Waals surface area contributed by atoms with Gasteiger partial charge in [-0.1, -0.05) is 24.3 Å². The highest BCUT2D eigenvalue weighted by Crippen LogP contribution is 2.25. The van der Waals surface area contributed by atoms with Crippen molar-refractivity contribution in [1.29, 1.82) is 0 Å². The zero-order chi connectivity index (χ0) is 19.9. The Morgan fingerprint density at radius 1 is 1.15 bits per heavy atom. The quantitative estimate of drug-likeness (QED) is 0.721. The molecule has 2 aromatic carbocycles. The Labute approximate surface area is 154 Å². The number of rotatable bonds is 7. The number of amides is 1. The zero-order valence-electron chi connectivity index (χ0n) is 14.4. The molecule has 0 heterocycles. The fourth-order valence-corrected chi connectivity index (χ4v) is 2.24. The second-order valence-electron chi connectivity index (χ2n) is 5.39. The predicted octanol–water partition coefficient (Wildman–Crippen LogP) is 3.49. The Morgan fingerprint density at radius 3 is 2.44 bits per heavy atom. The molecule has 0 spiro atoms. The number of carbonyl (C=O) groups excluding carboxylic acids is 1. The molecule has 2 aromatic rings. The summed E-state index contributed by atoms with van der Waals surface area (Å²) >= 11 is 0. The molecule has 0 radical (unpaired) electrons. The van der Waals surface area contributed by atoms with Crippen LogP contribution in [0.15, 0.2) is 42.5 Å². The summed E-state index contributed by atoms with van der Waals surface area (Å²) in [4.78, 5) is 12.0. The first-order valence-electron chi connectivity index (χ1n) is 7.93. The molecule has 2 rings (SSSR count). The lowest BCUT2D eigenvalue weighted by Crippen LogP contribution is -2.26. The molecule has 0 saturated carbocycles. The maximum absolute atomic E-state index is 12.2. The molecule has 2 N–H and O–H groups in total. The number of methoxy groups -OCH3 is 1. The van der Waals surface area contributed by atoms with Gasteiger partial charge in [-0.15, -0.1) is 13.2 Å². The lowest BCUT2D eigenvalue weighted by atomic mass is 10.1. The summed E-state index contributed by atoms with van der Waals surface area (Å²) in [5.74, 6) is -0.114. The minimum Gasteiger partial charge on any atom is -0.496 e. The van der Waals surface area contributed by atoms with E-state index in [4.69, 9.17) is 9.84 Å². The van der Waals surface area contributed by atoms with E-state index in [-0.39, 0.29) is 24.8 Å². The van der Waals surface area contributed by atoms with E-state index in [0.29, 0.717) is 22.4 Å². The topological polar surface area (TPSA) is 67.8 Å². The molecular formula is C19H18F3NO4. The first-order valence-corrected chi connectivity index (χ1v) is 7.93. The first kappa shape index (κ1) is 20.3. The number of alkyl halides is 3. The number of halogens is 3. The Hall–Kier alpha value is -3.00. The van der Waals surface area contributed by atoms with Gasteiger partial charge in [-0.2, -0.15) is 0 Å². The van der Waals surface area contributed by atoms with Crippen LogP contribution in [0.4, 0.5) is 13.2 Å². The minimum absolute atomic E-state index is 0.141. The molecule has 1 amide bonds. The molecule has 0 fully saturated rings. The lowest BCUT2D eigenvalue weighted by Gasteiger charge is -2.09. The molecule has 0 bridgehead atoms. The van der Waals surface area contributed by atoms with Crippen molar-refractivity contribution < 1.29 is 32.5 Å². The predicted molar refractivity (Wildman–Crippen MR) is 94.5 cm³/mol. The average Bonchev–Trinajstić information content (AvgIpc) is 2.64. The van der Waals surface area contributed by atoms with Crippen LogP contribution in [0, 0.1) is 0 Å². The van der Waals surface area contributed by atoms with Crippen molar-refractivity contribution in [2.45, 2.75) is 6.36 Å². The van der Waals surface area contributed by atoms with Crippen LogP contribution >= 0.6 is 0 Å². The van der Waals surface area contributed by atoms with E-state index in [1.807, 2.05) is 0 Å². The van der Waals surface area contributed by atoms with Gasteiger partial charge in [0.1, 0.15) is 11.5 Å². The van der Waals surface area contributed by atoms with E-state index in [9.17, 15) is 18.0 Å². The van der Waals surface area contributed by atoms with Gasteiger partial charge in [0.15, 0.2) is 0 Å². The van der Waals surface area contributed by atoms with Crippen molar-refractivity contribution >= 4 is 18.1 Å². The summed E-state index contributed by atoms with van der Waals surface area (Å²) in [5, 5.41) is 11.3. The van der Waals surface area contributed by atoms with Crippen LogP contribution in [0.2, 0.25) is 0 Å². The van der Waals surface area contributed by atoms with Gasteiger partial charge in [0.2, 0.25) is 0 Å². The van der Waals surface area contributed by atoms with Crippen LogP contribution in [0.3, 0.4) is 0 Å². The van der Waals surface area contributed by atoms with Crippen molar-refractivity contribution in [3.05, 3.63) is 59.2 Å². The maximum Gasteiger partial charge on any atom is 0.573 e. The maximum atomic E-state index is 12.2. The Kier molecular flexibility index (Phi) is 6.84. The van der Waals surface area contributed by atoms with E-state index < -0.39 is 6.36 Å². The molecule has 5 nitrogen and oxygen atoms in total. The highest BCUT2D eigenvalue weighted by atomic mass is 19.4. The molecule has 0 aromatic heterocycles. The van der Waals surface area contributed by atoms with Gasteiger partial charge in [-0.25, -0.2) is 0 Å². The number of ether oxygens (including phenoxy) is 2. The van der Waals surface area contributed by atoms with E-state index in [1.54, 1.807) is 30.4 Å². The van der Waals surface area contributed by atoms with Gasteiger partial charge in [0.05, 0.1) is 13.7 Å².